The van der Waals surface area contributed by atoms with Crippen molar-refractivity contribution in [1.29, 1.82) is 0 Å². The quantitative estimate of drug-likeness (QED) is 0.455. The number of allylic oxidation sites excluding steroid dienone is 4. The Labute approximate surface area is 132 Å². The lowest BCUT2D eigenvalue weighted by Crippen LogP contribution is -2.46. The molecule has 2 rings (SSSR count). The molecule has 0 amide bonds. The van der Waals surface area contributed by atoms with Crippen molar-refractivity contribution in [2.75, 3.05) is 6.67 Å². The number of hydrogen-bond acceptors (Lipinski definition) is 1. The molecule has 0 radical (unpaired) electrons. The van der Waals surface area contributed by atoms with Gasteiger partial charge in [-0.15, -0.1) is 13.2 Å². The van der Waals surface area contributed by atoms with Crippen LogP contribution in [0.25, 0.3) is 0 Å². The molecule has 2 aliphatic carbocycles. The summed E-state index contributed by atoms with van der Waals surface area (Å²) in [7, 11) is 0. The minimum atomic E-state index is -4.90. The second-order valence-corrected chi connectivity index (χ2v) is 6.05. The van der Waals surface area contributed by atoms with Crippen molar-refractivity contribution in [2.24, 2.45) is 11.8 Å². The standard InChI is InChI=1S/C17H21F5O/c18-12-4-2-5-13-7-9-14(10-8-13)16(23-17(20,21)22)11-3-1-6-15(16)19/h2-3,5-6,11,13-14H,1,4,7-10,12H2/b5-2+/t13-,14-,16?. The highest BCUT2D eigenvalue weighted by Crippen LogP contribution is 2.47. The van der Waals surface area contributed by atoms with Gasteiger partial charge in [0.1, 0.15) is 11.4 Å². The fourth-order valence-corrected chi connectivity index (χ4v) is 3.43. The van der Waals surface area contributed by atoms with Gasteiger partial charge in [-0.2, -0.15) is 0 Å². The van der Waals surface area contributed by atoms with Gasteiger partial charge in [0.2, 0.25) is 0 Å². The van der Waals surface area contributed by atoms with Crippen LogP contribution in [0.4, 0.5) is 22.0 Å². The second-order valence-electron chi connectivity index (χ2n) is 6.05. The minimum absolute atomic E-state index is 0.209. The van der Waals surface area contributed by atoms with Crippen molar-refractivity contribution in [2.45, 2.75) is 50.5 Å². The smallest absolute Gasteiger partial charge is 0.273 e. The molecule has 0 N–H and O–H groups in total. The Bertz CT molecular complexity index is 472. The van der Waals surface area contributed by atoms with Gasteiger partial charge in [0.05, 0.1) is 6.67 Å². The third kappa shape index (κ3) is 4.66. The Morgan fingerprint density at radius 1 is 1.22 bits per heavy atom. The number of ether oxygens (including phenoxy) is 1. The Kier molecular flexibility index (Phi) is 6.00. The molecule has 0 aliphatic heterocycles. The van der Waals surface area contributed by atoms with Gasteiger partial charge in [0.15, 0.2) is 0 Å². The van der Waals surface area contributed by atoms with E-state index in [1.807, 2.05) is 6.08 Å². The Hall–Kier alpha value is -1.17. The fraction of sp³-hybridized carbons (Fsp3) is 0.647. The summed E-state index contributed by atoms with van der Waals surface area (Å²) in [6.45, 7) is -0.421. The zero-order valence-electron chi connectivity index (χ0n) is 12.8. The summed E-state index contributed by atoms with van der Waals surface area (Å²) >= 11 is 0. The minimum Gasteiger partial charge on any atom is -0.273 e. The molecule has 0 aromatic heterocycles. The van der Waals surface area contributed by atoms with Crippen molar-refractivity contribution in [3.63, 3.8) is 0 Å². The van der Waals surface area contributed by atoms with Gasteiger partial charge < -0.3 is 0 Å². The summed E-state index contributed by atoms with van der Waals surface area (Å²) in [5.41, 5.74) is -2.02. The first-order valence-corrected chi connectivity index (χ1v) is 7.91. The summed E-state index contributed by atoms with van der Waals surface area (Å²) in [6.07, 6.45) is 5.46. The molecule has 0 bridgehead atoms. The molecule has 0 saturated heterocycles. The first kappa shape index (κ1) is 18.2. The first-order chi connectivity index (χ1) is 10.9. The van der Waals surface area contributed by atoms with Crippen LogP contribution in [-0.4, -0.2) is 18.6 Å². The van der Waals surface area contributed by atoms with E-state index in [-0.39, 0.29) is 12.3 Å². The lowest BCUT2D eigenvalue weighted by atomic mass is 9.71. The van der Waals surface area contributed by atoms with Gasteiger partial charge in [-0.3, -0.25) is 9.13 Å². The monoisotopic (exact) mass is 336 g/mol. The zero-order chi connectivity index (χ0) is 16.9. The van der Waals surface area contributed by atoms with Crippen LogP contribution in [0.3, 0.4) is 0 Å². The maximum absolute atomic E-state index is 14.3. The number of hydrogen-bond donors (Lipinski definition) is 0. The third-order valence-electron chi connectivity index (χ3n) is 4.52. The number of halogens is 5. The third-order valence-corrected chi connectivity index (χ3v) is 4.52. The molecule has 1 nitrogen and oxygen atoms in total. The molecule has 0 heterocycles. The van der Waals surface area contributed by atoms with Crippen molar-refractivity contribution in [3.05, 3.63) is 36.2 Å². The molecule has 1 unspecified atom stereocenters. The van der Waals surface area contributed by atoms with E-state index in [1.165, 1.54) is 12.2 Å². The molecule has 6 heteroatoms. The highest BCUT2D eigenvalue weighted by Gasteiger charge is 2.51. The molecule has 1 saturated carbocycles. The van der Waals surface area contributed by atoms with Gasteiger partial charge in [0.25, 0.3) is 0 Å². The topological polar surface area (TPSA) is 9.23 Å². The fourth-order valence-electron chi connectivity index (χ4n) is 3.43. The molecular weight excluding hydrogens is 315 g/mol. The van der Waals surface area contributed by atoms with E-state index in [1.54, 1.807) is 6.08 Å². The molecule has 23 heavy (non-hydrogen) atoms. The molecule has 0 aromatic carbocycles. The maximum Gasteiger partial charge on any atom is 0.523 e. The van der Waals surface area contributed by atoms with Crippen LogP contribution in [0.5, 0.6) is 0 Å². The lowest BCUT2D eigenvalue weighted by molar-refractivity contribution is -0.362. The van der Waals surface area contributed by atoms with E-state index in [0.29, 0.717) is 32.1 Å². The summed E-state index contributed by atoms with van der Waals surface area (Å²) in [6, 6.07) is 0. The van der Waals surface area contributed by atoms with Crippen LogP contribution in [-0.2, 0) is 4.74 Å². The Morgan fingerprint density at radius 3 is 2.48 bits per heavy atom. The van der Waals surface area contributed by atoms with Crippen LogP contribution in [0, 0.1) is 11.8 Å². The van der Waals surface area contributed by atoms with E-state index in [9.17, 15) is 22.0 Å². The van der Waals surface area contributed by atoms with Crippen LogP contribution in [0.1, 0.15) is 38.5 Å². The molecule has 0 spiro atoms. The van der Waals surface area contributed by atoms with Crippen LogP contribution < -0.4 is 0 Å². The molecular formula is C17H21F5O. The lowest BCUT2D eigenvalue weighted by Gasteiger charge is -2.41. The van der Waals surface area contributed by atoms with Gasteiger partial charge in [0, 0.05) is 0 Å². The SMILES string of the molecule is FCC/C=C/[C@H]1CC[C@H](C2(OC(F)(F)F)C=CCC=C2F)CC1. The van der Waals surface area contributed by atoms with E-state index in [0.717, 1.165) is 6.08 Å². The van der Waals surface area contributed by atoms with E-state index >= 15 is 0 Å². The summed E-state index contributed by atoms with van der Waals surface area (Å²) in [4.78, 5) is 0. The number of rotatable bonds is 5. The molecule has 2 aliphatic rings. The van der Waals surface area contributed by atoms with Gasteiger partial charge in [-0.25, -0.2) is 4.39 Å². The average molecular weight is 336 g/mol. The van der Waals surface area contributed by atoms with Crippen LogP contribution in [0.2, 0.25) is 0 Å². The maximum atomic E-state index is 14.3. The van der Waals surface area contributed by atoms with Crippen molar-refractivity contribution < 1.29 is 26.7 Å². The summed E-state index contributed by atoms with van der Waals surface area (Å²) in [5, 5.41) is 0. The van der Waals surface area contributed by atoms with Gasteiger partial charge in [-0.1, -0.05) is 18.2 Å². The molecule has 1 fully saturated rings. The molecule has 1 atom stereocenters. The normalized spacial score (nSPS) is 32.3. The predicted octanol–water partition coefficient (Wildman–Crippen LogP) is 5.80. The highest BCUT2D eigenvalue weighted by atomic mass is 19.4. The largest absolute Gasteiger partial charge is 0.523 e. The van der Waals surface area contributed by atoms with Gasteiger partial charge >= 0.3 is 6.36 Å². The predicted molar refractivity (Wildman–Crippen MR) is 78.0 cm³/mol. The zero-order valence-corrected chi connectivity index (χ0v) is 12.8. The molecule has 0 aromatic rings. The van der Waals surface area contributed by atoms with Crippen LogP contribution >= 0.6 is 0 Å². The van der Waals surface area contributed by atoms with Crippen LogP contribution in [0.15, 0.2) is 36.2 Å². The van der Waals surface area contributed by atoms with Gasteiger partial charge in [-0.05, 0) is 62.5 Å². The Balaban J connectivity index is 2.09. The van der Waals surface area contributed by atoms with Crippen molar-refractivity contribution in [3.8, 4) is 0 Å². The van der Waals surface area contributed by atoms with E-state index in [4.69, 9.17) is 0 Å². The second kappa shape index (κ2) is 7.60. The highest BCUT2D eigenvalue weighted by molar-refractivity contribution is 5.28. The van der Waals surface area contributed by atoms with E-state index < -0.39 is 30.4 Å². The Morgan fingerprint density at radius 2 is 1.91 bits per heavy atom. The number of alkyl halides is 4. The van der Waals surface area contributed by atoms with Crippen molar-refractivity contribution in [1.82, 2.24) is 0 Å². The van der Waals surface area contributed by atoms with Crippen molar-refractivity contribution >= 4 is 0 Å². The average Bonchev–Trinajstić information content (AvgIpc) is 2.49. The molecule has 130 valence electrons. The van der Waals surface area contributed by atoms with E-state index in [2.05, 4.69) is 4.74 Å². The first-order valence-electron chi connectivity index (χ1n) is 7.91. The summed E-state index contributed by atoms with van der Waals surface area (Å²) < 4.78 is 69.0. The summed E-state index contributed by atoms with van der Waals surface area (Å²) in [5.74, 6) is -1.20.